The van der Waals surface area contributed by atoms with Crippen LogP contribution in [-0.2, 0) is 20.9 Å². The molecule has 0 aromatic heterocycles. The molecule has 0 radical (unpaired) electrons. The molecule has 0 fully saturated rings. The van der Waals surface area contributed by atoms with E-state index in [-0.39, 0.29) is 18.5 Å². The second-order valence-corrected chi connectivity index (χ2v) is 7.32. The third-order valence-electron chi connectivity index (χ3n) is 3.85. The van der Waals surface area contributed by atoms with Gasteiger partial charge in [0.15, 0.2) is 0 Å². The fourth-order valence-corrected chi connectivity index (χ4v) is 2.99. The van der Waals surface area contributed by atoms with Crippen molar-refractivity contribution in [1.29, 1.82) is 0 Å². The van der Waals surface area contributed by atoms with Gasteiger partial charge in [0, 0.05) is 11.9 Å². The maximum absolute atomic E-state index is 12.7. The molecule has 0 aliphatic heterocycles. The van der Waals surface area contributed by atoms with E-state index in [0.29, 0.717) is 19.6 Å². The average molecular weight is 428 g/mol. The third-order valence-corrected chi connectivity index (χ3v) is 4.41. The second kappa shape index (κ2) is 12.7. The van der Waals surface area contributed by atoms with Crippen LogP contribution in [0.5, 0.6) is 0 Å². The summed E-state index contributed by atoms with van der Waals surface area (Å²) in [6.45, 7) is 6.77. The van der Waals surface area contributed by atoms with Gasteiger partial charge in [0.05, 0.1) is 6.61 Å². The Labute approximate surface area is 165 Å². The molecule has 0 N–H and O–H groups in total. The number of ether oxygens (including phenoxy) is 2. The summed E-state index contributed by atoms with van der Waals surface area (Å²) in [5.41, 5.74) is 0.915. The lowest BCUT2D eigenvalue weighted by Crippen LogP contribution is -2.47. The first kappa shape index (κ1) is 22.5. The van der Waals surface area contributed by atoms with Crippen LogP contribution in [0, 0.1) is 5.92 Å². The molecule has 1 aromatic rings. The van der Waals surface area contributed by atoms with Crippen molar-refractivity contribution < 1.29 is 19.1 Å². The van der Waals surface area contributed by atoms with E-state index in [1.807, 2.05) is 44.2 Å². The highest BCUT2D eigenvalue weighted by Gasteiger charge is 2.32. The van der Waals surface area contributed by atoms with Gasteiger partial charge in [-0.15, -0.1) is 0 Å². The monoisotopic (exact) mass is 427 g/mol. The van der Waals surface area contributed by atoms with Gasteiger partial charge in [-0.1, -0.05) is 60.1 Å². The van der Waals surface area contributed by atoms with E-state index < -0.39 is 12.1 Å². The molecular formula is C20H30BrNO4. The first-order valence-electron chi connectivity index (χ1n) is 9.19. The van der Waals surface area contributed by atoms with Crippen molar-refractivity contribution in [3.8, 4) is 0 Å². The van der Waals surface area contributed by atoms with E-state index in [1.54, 1.807) is 6.92 Å². The number of halogens is 1. The number of carbonyl (C=O) groups excluding carboxylic acids is 2. The number of carbonyl (C=O) groups is 2. The molecule has 0 aliphatic rings. The van der Waals surface area contributed by atoms with Crippen molar-refractivity contribution in [2.24, 2.45) is 5.92 Å². The average Bonchev–Trinajstić information content (AvgIpc) is 2.62. The van der Waals surface area contributed by atoms with Crippen molar-refractivity contribution >= 4 is 28.0 Å². The molecular weight excluding hydrogens is 398 g/mol. The largest absolute Gasteiger partial charge is 0.464 e. The molecule has 26 heavy (non-hydrogen) atoms. The number of nitrogens with zero attached hydrogens (tertiary/aromatic N) is 1. The van der Waals surface area contributed by atoms with Crippen molar-refractivity contribution in [2.75, 3.05) is 18.5 Å². The lowest BCUT2D eigenvalue weighted by molar-refractivity contribution is -0.149. The van der Waals surface area contributed by atoms with Crippen molar-refractivity contribution in [2.45, 2.75) is 52.7 Å². The Balaban J connectivity index is 2.86. The van der Waals surface area contributed by atoms with Gasteiger partial charge in [0.1, 0.15) is 12.6 Å². The molecule has 0 saturated carbocycles. The fourth-order valence-electron chi connectivity index (χ4n) is 2.59. The Bertz CT molecular complexity index is 536. The molecule has 0 heterocycles. The van der Waals surface area contributed by atoms with Crippen LogP contribution in [0.15, 0.2) is 30.3 Å². The molecule has 1 rings (SSSR count). The third kappa shape index (κ3) is 8.21. The summed E-state index contributed by atoms with van der Waals surface area (Å²) in [4.78, 5) is 26.7. The molecule has 1 aromatic carbocycles. The van der Waals surface area contributed by atoms with E-state index in [9.17, 15) is 9.59 Å². The predicted octanol–water partition coefficient (Wildman–Crippen LogP) is 4.78. The van der Waals surface area contributed by atoms with E-state index in [4.69, 9.17) is 9.47 Å². The second-order valence-electron chi connectivity index (χ2n) is 6.53. The van der Waals surface area contributed by atoms with Crippen LogP contribution in [0.25, 0.3) is 0 Å². The quantitative estimate of drug-likeness (QED) is 0.289. The lowest BCUT2D eigenvalue weighted by atomic mass is 10.0. The van der Waals surface area contributed by atoms with Crippen LogP contribution in [-0.4, -0.2) is 41.5 Å². The smallest absolute Gasteiger partial charge is 0.410 e. The number of benzene rings is 1. The number of amides is 1. The summed E-state index contributed by atoms with van der Waals surface area (Å²) in [5, 5.41) is 0.855. The Hall–Kier alpha value is -1.56. The van der Waals surface area contributed by atoms with Gasteiger partial charge in [-0.2, -0.15) is 0 Å². The van der Waals surface area contributed by atoms with Gasteiger partial charge >= 0.3 is 12.1 Å². The fraction of sp³-hybridized carbons (Fsp3) is 0.600. The lowest BCUT2D eigenvalue weighted by Gasteiger charge is -2.30. The van der Waals surface area contributed by atoms with Crippen molar-refractivity contribution in [3.63, 3.8) is 0 Å². The van der Waals surface area contributed by atoms with Crippen LogP contribution in [0.4, 0.5) is 4.79 Å². The number of rotatable bonds is 11. The molecule has 0 aliphatic carbocycles. The van der Waals surface area contributed by atoms with Crippen LogP contribution in [0.3, 0.4) is 0 Å². The highest BCUT2D eigenvalue weighted by atomic mass is 79.9. The summed E-state index contributed by atoms with van der Waals surface area (Å²) >= 11 is 3.40. The Morgan fingerprint density at radius 1 is 1.12 bits per heavy atom. The summed E-state index contributed by atoms with van der Waals surface area (Å²) in [6.07, 6.45) is 1.79. The highest BCUT2D eigenvalue weighted by Crippen LogP contribution is 2.17. The number of unbranched alkanes of at least 4 members (excludes halogenated alkanes) is 1. The minimum atomic E-state index is -0.617. The molecule has 0 unspecified atom stereocenters. The molecule has 0 bridgehead atoms. The zero-order chi connectivity index (χ0) is 19.4. The van der Waals surface area contributed by atoms with E-state index in [1.165, 1.54) is 4.90 Å². The Morgan fingerprint density at radius 3 is 2.38 bits per heavy atom. The minimum Gasteiger partial charge on any atom is -0.464 e. The topological polar surface area (TPSA) is 55.8 Å². The normalized spacial score (nSPS) is 11.9. The standard InChI is InChI=1S/C20H30BrNO4/c1-4-25-19(23)18(14-16(2)3)22(13-9-8-12-21)20(24)26-15-17-10-6-5-7-11-17/h5-7,10-11,16,18H,4,8-9,12-15H2,1-3H3/t18-/m0/s1. The molecule has 146 valence electrons. The van der Waals surface area contributed by atoms with Crippen LogP contribution < -0.4 is 0 Å². The van der Waals surface area contributed by atoms with Crippen molar-refractivity contribution in [3.05, 3.63) is 35.9 Å². The summed E-state index contributed by atoms with van der Waals surface area (Å²) < 4.78 is 10.7. The minimum absolute atomic E-state index is 0.186. The van der Waals surface area contributed by atoms with Gasteiger partial charge in [0.2, 0.25) is 0 Å². The molecule has 6 heteroatoms. The number of hydrogen-bond donors (Lipinski definition) is 0. The molecule has 1 atom stereocenters. The Morgan fingerprint density at radius 2 is 1.81 bits per heavy atom. The number of esters is 1. The molecule has 5 nitrogen and oxygen atoms in total. The number of hydrogen-bond acceptors (Lipinski definition) is 4. The Kier molecular flexibility index (Phi) is 11.0. The first-order chi connectivity index (χ1) is 12.5. The maximum atomic E-state index is 12.7. The van der Waals surface area contributed by atoms with Gasteiger partial charge in [-0.25, -0.2) is 9.59 Å². The summed E-state index contributed by atoms with van der Waals surface area (Å²) in [7, 11) is 0. The SMILES string of the molecule is CCOC(=O)[C@H](CC(C)C)N(CCCCBr)C(=O)OCc1ccccc1. The van der Waals surface area contributed by atoms with E-state index in [2.05, 4.69) is 15.9 Å². The van der Waals surface area contributed by atoms with E-state index in [0.717, 1.165) is 23.7 Å². The van der Waals surface area contributed by atoms with E-state index >= 15 is 0 Å². The van der Waals surface area contributed by atoms with Crippen LogP contribution >= 0.6 is 15.9 Å². The van der Waals surface area contributed by atoms with Crippen molar-refractivity contribution in [1.82, 2.24) is 4.90 Å². The molecule has 1 amide bonds. The van der Waals surface area contributed by atoms with Gasteiger partial charge in [-0.3, -0.25) is 4.90 Å². The molecule has 0 saturated heterocycles. The maximum Gasteiger partial charge on any atom is 0.410 e. The first-order valence-corrected chi connectivity index (χ1v) is 10.3. The zero-order valence-corrected chi connectivity index (χ0v) is 17.5. The highest BCUT2D eigenvalue weighted by molar-refractivity contribution is 9.09. The van der Waals surface area contributed by atoms with Crippen LogP contribution in [0.2, 0.25) is 0 Å². The van der Waals surface area contributed by atoms with Gasteiger partial charge in [-0.05, 0) is 37.7 Å². The summed E-state index contributed by atoms with van der Waals surface area (Å²) in [5.74, 6) is -0.110. The zero-order valence-electron chi connectivity index (χ0n) is 15.9. The van der Waals surface area contributed by atoms with Crippen LogP contribution in [0.1, 0.15) is 45.6 Å². The van der Waals surface area contributed by atoms with Gasteiger partial charge < -0.3 is 9.47 Å². The predicted molar refractivity (Wildman–Crippen MR) is 106 cm³/mol. The number of alkyl halides is 1. The molecule has 0 spiro atoms. The summed E-state index contributed by atoms with van der Waals surface area (Å²) in [6, 6.07) is 8.90. The van der Waals surface area contributed by atoms with Gasteiger partial charge in [0.25, 0.3) is 0 Å².